The quantitative estimate of drug-likeness (QED) is 0.785. The van der Waals surface area contributed by atoms with Gasteiger partial charge < -0.3 is 14.8 Å². The zero-order valence-corrected chi connectivity index (χ0v) is 14.7. The Morgan fingerprint density at radius 2 is 1.88 bits per heavy atom. The van der Waals surface area contributed by atoms with E-state index < -0.39 is 6.10 Å². The minimum atomic E-state index is -0.523. The molecule has 25 heavy (non-hydrogen) atoms. The molecule has 0 aliphatic heterocycles. The molecular formula is C21H25NO3. The van der Waals surface area contributed by atoms with Gasteiger partial charge in [-0.25, -0.2) is 0 Å². The zero-order chi connectivity index (χ0) is 17.5. The molecule has 0 bridgehead atoms. The molecule has 0 saturated heterocycles. The Kier molecular flexibility index (Phi) is 5.94. The number of carbonyl (C=O) groups excluding carboxylic acids is 1. The van der Waals surface area contributed by atoms with Gasteiger partial charge in [0.25, 0.3) is 5.91 Å². The average molecular weight is 339 g/mol. The number of hydrogen-bond donors (Lipinski definition) is 1. The van der Waals surface area contributed by atoms with Gasteiger partial charge in [-0.3, -0.25) is 4.79 Å². The largest absolute Gasteiger partial charge is 0.492 e. The van der Waals surface area contributed by atoms with E-state index in [2.05, 4.69) is 11.4 Å². The highest BCUT2D eigenvalue weighted by Gasteiger charge is 2.19. The van der Waals surface area contributed by atoms with E-state index in [1.807, 2.05) is 42.5 Å². The van der Waals surface area contributed by atoms with E-state index in [0.717, 1.165) is 24.3 Å². The van der Waals surface area contributed by atoms with Crippen molar-refractivity contribution in [1.82, 2.24) is 5.32 Å². The fraction of sp³-hybridized carbons (Fsp3) is 0.381. The lowest BCUT2D eigenvalue weighted by Gasteiger charge is -2.22. The summed E-state index contributed by atoms with van der Waals surface area (Å²) in [4.78, 5) is 12.2. The number of nitrogens with one attached hydrogen (secondary N) is 1. The van der Waals surface area contributed by atoms with Crippen LogP contribution in [0.15, 0.2) is 48.5 Å². The summed E-state index contributed by atoms with van der Waals surface area (Å²) in [5, 5.41) is 2.86. The first-order valence-electron chi connectivity index (χ1n) is 8.97. The summed E-state index contributed by atoms with van der Waals surface area (Å²) in [5.74, 6) is 1.53. The van der Waals surface area contributed by atoms with Gasteiger partial charge >= 0.3 is 0 Å². The molecule has 1 atom stereocenters. The predicted octanol–water partition coefficient (Wildman–Crippen LogP) is 3.53. The third-order valence-electron chi connectivity index (χ3n) is 4.44. The maximum Gasteiger partial charge on any atom is 0.260 e. The maximum absolute atomic E-state index is 12.2. The molecule has 2 aromatic carbocycles. The molecule has 1 aliphatic carbocycles. The molecule has 0 heterocycles. The minimum Gasteiger partial charge on any atom is -0.492 e. The van der Waals surface area contributed by atoms with Crippen LogP contribution in [-0.2, 0) is 17.6 Å². The normalized spacial score (nSPS) is 14.3. The first kappa shape index (κ1) is 17.3. The summed E-state index contributed by atoms with van der Waals surface area (Å²) in [6, 6.07) is 15.7. The molecule has 1 N–H and O–H groups in total. The van der Waals surface area contributed by atoms with Crippen LogP contribution >= 0.6 is 0 Å². The highest BCUT2D eigenvalue weighted by Crippen LogP contribution is 2.30. The van der Waals surface area contributed by atoms with Crippen molar-refractivity contribution in [3.63, 3.8) is 0 Å². The van der Waals surface area contributed by atoms with E-state index in [-0.39, 0.29) is 5.91 Å². The number of para-hydroxylation sites is 1. The Balaban J connectivity index is 1.46. The first-order chi connectivity index (χ1) is 12.2. The van der Waals surface area contributed by atoms with Crippen LogP contribution in [0, 0.1) is 0 Å². The van der Waals surface area contributed by atoms with E-state index in [1.54, 1.807) is 6.92 Å². The molecule has 1 aliphatic rings. The molecule has 0 radical (unpaired) electrons. The van der Waals surface area contributed by atoms with Gasteiger partial charge in [0, 0.05) is 0 Å². The van der Waals surface area contributed by atoms with Crippen LogP contribution < -0.4 is 14.8 Å². The van der Waals surface area contributed by atoms with E-state index in [4.69, 9.17) is 9.47 Å². The summed E-state index contributed by atoms with van der Waals surface area (Å²) in [6.07, 6.45) is 4.03. The second-order valence-electron chi connectivity index (χ2n) is 6.31. The van der Waals surface area contributed by atoms with Gasteiger partial charge in [0.2, 0.25) is 0 Å². The van der Waals surface area contributed by atoms with Crippen molar-refractivity contribution in [2.24, 2.45) is 0 Å². The number of fused-ring (bicyclic) bond motifs is 1. The predicted molar refractivity (Wildman–Crippen MR) is 98.1 cm³/mol. The van der Waals surface area contributed by atoms with Crippen LogP contribution in [0.25, 0.3) is 0 Å². The Labute approximate surface area is 149 Å². The third kappa shape index (κ3) is 4.75. The van der Waals surface area contributed by atoms with Crippen LogP contribution in [-0.4, -0.2) is 25.2 Å². The summed E-state index contributed by atoms with van der Waals surface area (Å²) in [7, 11) is 0. The smallest absolute Gasteiger partial charge is 0.260 e. The SMILES string of the molecule is C[C@@H](Oc1cccc2c1CCCC2)C(=O)NCCOc1ccccc1. The standard InChI is InChI=1S/C21H25NO3/c1-16(21(23)22-14-15-24-18-10-3-2-4-11-18)25-20-13-7-9-17-8-5-6-12-19(17)20/h2-4,7,9-11,13,16H,5-6,8,12,14-15H2,1H3,(H,22,23)/t16-/m1/s1. The number of carbonyl (C=O) groups is 1. The summed E-state index contributed by atoms with van der Waals surface area (Å²) in [6.45, 7) is 2.67. The Bertz CT molecular complexity index is 700. The number of hydrogen-bond acceptors (Lipinski definition) is 3. The molecule has 0 aromatic heterocycles. The lowest BCUT2D eigenvalue weighted by Crippen LogP contribution is -2.38. The molecule has 4 nitrogen and oxygen atoms in total. The minimum absolute atomic E-state index is 0.120. The number of ether oxygens (including phenoxy) is 2. The maximum atomic E-state index is 12.2. The average Bonchev–Trinajstić information content (AvgIpc) is 2.66. The molecule has 0 saturated carbocycles. The van der Waals surface area contributed by atoms with Gasteiger partial charge in [-0.05, 0) is 61.9 Å². The molecule has 1 amide bonds. The van der Waals surface area contributed by atoms with Gasteiger partial charge in [-0.2, -0.15) is 0 Å². The Hall–Kier alpha value is -2.49. The molecule has 132 valence electrons. The van der Waals surface area contributed by atoms with E-state index >= 15 is 0 Å². The molecule has 2 aromatic rings. The van der Waals surface area contributed by atoms with E-state index in [1.165, 1.54) is 24.0 Å². The van der Waals surface area contributed by atoms with Crippen LogP contribution in [0.1, 0.15) is 30.9 Å². The van der Waals surface area contributed by atoms with Crippen LogP contribution in [0.3, 0.4) is 0 Å². The van der Waals surface area contributed by atoms with Gasteiger partial charge in [0.05, 0.1) is 6.54 Å². The van der Waals surface area contributed by atoms with Crippen LogP contribution in [0.5, 0.6) is 11.5 Å². The monoisotopic (exact) mass is 339 g/mol. The molecule has 0 unspecified atom stereocenters. The van der Waals surface area contributed by atoms with Crippen molar-refractivity contribution >= 4 is 5.91 Å². The van der Waals surface area contributed by atoms with Crippen molar-refractivity contribution in [3.05, 3.63) is 59.7 Å². The second kappa shape index (κ2) is 8.56. The van der Waals surface area contributed by atoms with E-state index in [9.17, 15) is 4.79 Å². The highest BCUT2D eigenvalue weighted by molar-refractivity contribution is 5.80. The lowest BCUT2D eigenvalue weighted by atomic mass is 9.91. The molecule has 0 fully saturated rings. The molecule has 3 rings (SSSR count). The van der Waals surface area contributed by atoms with Gasteiger partial charge in [-0.15, -0.1) is 0 Å². The van der Waals surface area contributed by atoms with Crippen molar-refractivity contribution in [3.8, 4) is 11.5 Å². The summed E-state index contributed by atoms with van der Waals surface area (Å²) >= 11 is 0. The fourth-order valence-electron chi connectivity index (χ4n) is 3.10. The number of aryl methyl sites for hydroxylation is 1. The summed E-state index contributed by atoms with van der Waals surface area (Å²) in [5.41, 5.74) is 2.62. The second-order valence-corrected chi connectivity index (χ2v) is 6.31. The molecular weight excluding hydrogens is 314 g/mol. The number of amides is 1. The van der Waals surface area contributed by atoms with Gasteiger partial charge in [-0.1, -0.05) is 30.3 Å². The summed E-state index contributed by atoms with van der Waals surface area (Å²) < 4.78 is 11.5. The Morgan fingerprint density at radius 1 is 1.08 bits per heavy atom. The molecule has 0 spiro atoms. The van der Waals surface area contributed by atoms with Crippen LogP contribution in [0.2, 0.25) is 0 Å². The lowest BCUT2D eigenvalue weighted by molar-refractivity contribution is -0.127. The first-order valence-corrected chi connectivity index (χ1v) is 8.97. The Morgan fingerprint density at radius 3 is 2.72 bits per heavy atom. The van der Waals surface area contributed by atoms with Gasteiger partial charge in [0.1, 0.15) is 18.1 Å². The third-order valence-corrected chi connectivity index (χ3v) is 4.44. The van der Waals surface area contributed by atoms with Crippen molar-refractivity contribution < 1.29 is 14.3 Å². The van der Waals surface area contributed by atoms with Crippen LogP contribution in [0.4, 0.5) is 0 Å². The van der Waals surface area contributed by atoms with Crippen molar-refractivity contribution in [2.45, 2.75) is 38.7 Å². The fourth-order valence-corrected chi connectivity index (χ4v) is 3.10. The molecule has 4 heteroatoms. The highest BCUT2D eigenvalue weighted by atomic mass is 16.5. The number of rotatable bonds is 7. The van der Waals surface area contributed by atoms with E-state index in [0.29, 0.717) is 13.2 Å². The van der Waals surface area contributed by atoms with Crippen molar-refractivity contribution in [1.29, 1.82) is 0 Å². The number of benzene rings is 2. The zero-order valence-electron chi connectivity index (χ0n) is 14.7. The van der Waals surface area contributed by atoms with Gasteiger partial charge in [0.15, 0.2) is 6.10 Å². The van der Waals surface area contributed by atoms with Crippen molar-refractivity contribution in [2.75, 3.05) is 13.2 Å². The topological polar surface area (TPSA) is 47.6 Å².